The van der Waals surface area contributed by atoms with Crippen molar-refractivity contribution in [2.75, 3.05) is 11.1 Å². The molecule has 3 rings (SSSR count). The van der Waals surface area contributed by atoms with Gasteiger partial charge in [-0.2, -0.15) is 0 Å². The third-order valence-corrected chi connectivity index (χ3v) is 4.89. The van der Waals surface area contributed by atoms with Gasteiger partial charge < -0.3 is 21.8 Å². The van der Waals surface area contributed by atoms with Crippen molar-refractivity contribution in [2.45, 2.75) is 26.2 Å². The Morgan fingerprint density at radius 3 is 2.72 bits per heavy atom. The minimum absolute atomic E-state index is 0.0653. The summed E-state index contributed by atoms with van der Waals surface area (Å²) in [6.07, 6.45) is 0.830. The number of allylic oxidation sites excluding steroid dienone is 1. The van der Waals surface area contributed by atoms with Crippen LogP contribution < -0.4 is 16.4 Å². The summed E-state index contributed by atoms with van der Waals surface area (Å²) in [7, 11) is 0. The van der Waals surface area contributed by atoms with E-state index < -0.39 is 23.5 Å². The van der Waals surface area contributed by atoms with Crippen LogP contribution in [0, 0.1) is 24.0 Å². The third kappa shape index (κ3) is 3.87. The number of hydrogen-bond acceptors (Lipinski definition) is 4. The highest BCUT2D eigenvalue weighted by Gasteiger charge is 2.34. The molecular weight excluding hydrogens is 378 g/mol. The molecule has 0 radical (unpaired) electrons. The maximum absolute atomic E-state index is 14.7. The van der Waals surface area contributed by atoms with Gasteiger partial charge in [0.15, 0.2) is 0 Å². The van der Waals surface area contributed by atoms with Crippen LogP contribution in [0.25, 0.3) is 0 Å². The van der Waals surface area contributed by atoms with Crippen molar-refractivity contribution in [2.24, 2.45) is 0 Å². The number of carbonyl (C=O) groups excluding carboxylic acids is 2. The topological polar surface area (TPSA) is 108 Å². The van der Waals surface area contributed by atoms with Crippen LogP contribution in [-0.4, -0.2) is 18.0 Å². The molecule has 1 aliphatic heterocycles. The van der Waals surface area contributed by atoms with Gasteiger partial charge in [0, 0.05) is 41.1 Å². The van der Waals surface area contributed by atoms with Crippen LogP contribution in [0.15, 0.2) is 41.6 Å². The molecule has 0 aromatic heterocycles. The predicted octanol–water partition coefficient (Wildman–Crippen LogP) is 3.37. The molecule has 6 nitrogen and oxygen atoms in total. The van der Waals surface area contributed by atoms with Crippen LogP contribution in [0.5, 0.6) is 0 Å². The molecule has 1 unspecified atom stereocenters. The molecule has 1 heterocycles. The van der Waals surface area contributed by atoms with Gasteiger partial charge in [0.25, 0.3) is 5.91 Å². The van der Waals surface area contributed by atoms with Gasteiger partial charge in [-0.15, -0.1) is 0 Å². The second kappa shape index (κ2) is 7.83. The van der Waals surface area contributed by atoms with Crippen LogP contribution in [0.4, 0.5) is 20.2 Å². The van der Waals surface area contributed by atoms with E-state index in [-0.39, 0.29) is 46.1 Å². The summed E-state index contributed by atoms with van der Waals surface area (Å²) in [5.74, 6) is -3.08. The summed E-state index contributed by atoms with van der Waals surface area (Å²) in [6.45, 7) is 3.13. The van der Waals surface area contributed by atoms with Crippen molar-refractivity contribution in [3.8, 4) is 0 Å². The summed E-state index contributed by atoms with van der Waals surface area (Å²) >= 11 is 0. The maximum atomic E-state index is 14.7. The van der Waals surface area contributed by atoms with Gasteiger partial charge in [-0.05, 0) is 37.1 Å². The zero-order valence-corrected chi connectivity index (χ0v) is 15.9. The molecule has 2 aromatic rings. The lowest BCUT2D eigenvalue weighted by Crippen LogP contribution is -2.35. The van der Waals surface area contributed by atoms with Crippen LogP contribution in [0.3, 0.4) is 0 Å². The number of amides is 2. The zero-order valence-electron chi connectivity index (χ0n) is 15.9. The highest BCUT2D eigenvalue weighted by atomic mass is 19.1. The van der Waals surface area contributed by atoms with E-state index in [1.165, 1.54) is 19.1 Å². The molecule has 150 valence electrons. The third-order valence-electron chi connectivity index (χ3n) is 4.89. The van der Waals surface area contributed by atoms with E-state index in [0.717, 1.165) is 12.3 Å². The van der Waals surface area contributed by atoms with Gasteiger partial charge in [0.1, 0.15) is 11.6 Å². The first-order valence-corrected chi connectivity index (χ1v) is 8.89. The monoisotopic (exact) mass is 398 g/mol. The standard InChI is InChI=1S/C21H20F2N4O2/c1-10-4-3-5-13(20(10)23)14-7-18(28)26-11(2)19(14)21(29)27-17-6-12(9-24)16(25)8-15(17)22/h3-6,8-9,14,24H,7,25H2,1-2H3,(H,26,28)(H,27,29). The van der Waals surface area contributed by atoms with Crippen molar-refractivity contribution in [1.82, 2.24) is 5.32 Å². The average Bonchev–Trinajstić information content (AvgIpc) is 2.65. The fraction of sp³-hybridized carbons (Fsp3) is 0.190. The quantitative estimate of drug-likeness (QED) is 0.468. The van der Waals surface area contributed by atoms with E-state index >= 15 is 0 Å². The van der Waals surface area contributed by atoms with Gasteiger partial charge in [-0.25, -0.2) is 8.78 Å². The lowest BCUT2D eigenvalue weighted by atomic mass is 9.83. The Hall–Kier alpha value is -3.55. The molecule has 0 bridgehead atoms. The van der Waals surface area contributed by atoms with Crippen LogP contribution in [0.2, 0.25) is 0 Å². The second-order valence-electron chi connectivity index (χ2n) is 6.88. The lowest BCUT2D eigenvalue weighted by molar-refractivity contribution is -0.121. The van der Waals surface area contributed by atoms with Crippen LogP contribution in [0.1, 0.15) is 36.0 Å². The molecule has 5 N–H and O–H groups in total. The van der Waals surface area contributed by atoms with E-state index in [0.29, 0.717) is 5.56 Å². The fourth-order valence-electron chi connectivity index (χ4n) is 3.43. The molecule has 0 fully saturated rings. The average molecular weight is 398 g/mol. The van der Waals surface area contributed by atoms with Crippen molar-refractivity contribution in [3.63, 3.8) is 0 Å². The summed E-state index contributed by atoms with van der Waals surface area (Å²) in [5, 5.41) is 12.4. The number of nitrogen functional groups attached to an aromatic ring is 1. The molecule has 8 heteroatoms. The van der Waals surface area contributed by atoms with Gasteiger partial charge in [0.05, 0.1) is 5.69 Å². The number of carbonyl (C=O) groups is 2. The zero-order chi connectivity index (χ0) is 21.3. The number of anilines is 2. The van der Waals surface area contributed by atoms with Crippen LogP contribution >= 0.6 is 0 Å². The number of aryl methyl sites for hydroxylation is 1. The molecule has 0 aliphatic carbocycles. The second-order valence-corrected chi connectivity index (χ2v) is 6.88. The largest absolute Gasteiger partial charge is 0.398 e. The number of rotatable bonds is 4. The number of hydrogen-bond donors (Lipinski definition) is 4. The van der Waals surface area contributed by atoms with E-state index in [1.807, 2.05) is 0 Å². The first-order chi connectivity index (χ1) is 13.7. The summed E-state index contributed by atoms with van der Waals surface area (Å²) in [4.78, 5) is 25.1. The Kier molecular flexibility index (Phi) is 5.45. The molecule has 2 amide bonds. The summed E-state index contributed by atoms with van der Waals surface area (Å²) < 4.78 is 29.0. The van der Waals surface area contributed by atoms with Gasteiger partial charge in [-0.3, -0.25) is 9.59 Å². The SMILES string of the molecule is CC1=C(C(=O)Nc2cc(C=N)c(N)cc2F)C(c2cccc(C)c2F)CC(=O)N1. The molecule has 2 aromatic carbocycles. The summed E-state index contributed by atoms with van der Waals surface area (Å²) in [5.41, 5.74) is 6.81. The first-order valence-electron chi connectivity index (χ1n) is 8.89. The molecule has 29 heavy (non-hydrogen) atoms. The number of nitrogens with two attached hydrogens (primary N) is 1. The Balaban J connectivity index is 2.03. The molecule has 1 aliphatic rings. The number of halogens is 2. The molecule has 1 atom stereocenters. The van der Waals surface area contributed by atoms with E-state index in [2.05, 4.69) is 10.6 Å². The molecular formula is C21H20F2N4O2. The van der Waals surface area contributed by atoms with E-state index in [1.54, 1.807) is 19.1 Å². The van der Waals surface area contributed by atoms with Gasteiger partial charge in [-0.1, -0.05) is 18.2 Å². The molecule has 0 spiro atoms. The minimum Gasteiger partial charge on any atom is -0.398 e. The van der Waals surface area contributed by atoms with Crippen molar-refractivity contribution < 1.29 is 18.4 Å². The highest BCUT2D eigenvalue weighted by molar-refractivity contribution is 6.07. The Morgan fingerprint density at radius 2 is 2.03 bits per heavy atom. The van der Waals surface area contributed by atoms with Crippen molar-refractivity contribution in [1.29, 1.82) is 5.41 Å². The maximum Gasteiger partial charge on any atom is 0.254 e. The Bertz CT molecular complexity index is 1060. The van der Waals surface area contributed by atoms with Crippen molar-refractivity contribution in [3.05, 3.63) is 69.9 Å². The Labute approximate surface area is 166 Å². The van der Waals surface area contributed by atoms with Crippen LogP contribution in [-0.2, 0) is 9.59 Å². The van der Waals surface area contributed by atoms with Gasteiger partial charge >= 0.3 is 0 Å². The van der Waals surface area contributed by atoms with E-state index in [4.69, 9.17) is 11.1 Å². The van der Waals surface area contributed by atoms with Gasteiger partial charge in [0.2, 0.25) is 5.91 Å². The number of nitrogens with one attached hydrogen (secondary N) is 3. The predicted molar refractivity (Wildman–Crippen MR) is 107 cm³/mol. The fourth-order valence-corrected chi connectivity index (χ4v) is 3.43. The first kappa shape index (κ1) is 20.2. The smallest absolute Gasteiger partial charge is 0.254 e. The molecule has 0 saturated carbocycles. The Morgan fingerprint density at radius 1 is 1.31 bits per heavy atom. The molecule has 0 saturated heterocycles. The summed E-state index contributed by atoms with van der Waals surface area (Å²) in [6, 6.07) is 7.04. The lowest BCUT2D eigenvalue weighted by Gasteiger charge is -2.28. The normalized spacial score (nSPS) is 16.4. The highest BCUT2D eigenvalue weighted by Crippen LogP contribution is 2.36. The minimum atomic E-state index is -0.817. The van der Waals surface area contributed by atoms with E-state index in [9.17, 15) is 18.4 Å². The van der Waals surface area contributed by atoms with Crippen molar-refractivity contribution >= 4 is 29.4 Å². The number of benzene rings is 2.